The van der Waals surface area contributed by atoms with Crippen LogP contribution < -0.4 is 20.7 Å². The third-order valence-corrected chi connectivity index (χ3v) is 5.70. The van der Waals surface area contributed by atoms with Gasteiger partial charge in [-0.15, -0.1) is 5.10 Å². The molecular formula is C22H22N8O6. The first-order valence-corrected chi connectivity index (χ1v) is 10.8. The van der Waals surface area contributed by atoms with Crippen molar-refractivity contribution in [3.05, 3.63) is 42.9 Å². The maximum Gasteiger partial charge on any atom is 0.260 e. The summed E-state index contributed by atoms with van der Waals surface area (Å²) < 4.78 is 17.3. The van der Waals surface area contributed by atoms with Crippen LogP contribution in [0.1, 0.15) is 6.92 Å². The fraction of sp³-hybridized carbons (Fsp3) is 0.273. The summed E-state index contributed by atoms with van der Waals surface area (Å²) in [6.07, 6.45) is 3.10. The maximum atomic E-state index is 13.3. The number of ether oxygens (including phenoxy) is 2. The Labute approximate surface area is 203 Å². The first kappa shape index (κ1) is 23.2. The third-order valence-electron chi connectivity index (χ3n) is 5.70. The van der Waals surface area contributed by atoms with E-state index in [9.17, 15) is 14.7 Å². The molecule has 5 heterocycles. The number of nitrogens with zero attached hydrogens (tertiary/aromatic N) is 6. The van der Waals surface area contributed by atoms with Crippen molar-refractivity contribution in [3.63, 3.8) is 0 Å². The van der Waals surface area contributed by atoms with Crippen LogP contribution >= 0.6 is 0 Å². The minimum atomic E-state index is -2.22. The van der Waals surface area contributed by atoms with Gasteiger partial charge in [0.1, 0.15) is 0 Å². The first-order chi connectivity index (χ1) is 17.3. The highest BCUT2D eigenvalue weighted by Crippen LogP contribution is 2.27. The maximum absolute atomic E-state index is 13.3. The summed E-state index contributed by atoms with van der Waals surface area (Å²) in [5.74, 6) is -0.629. The molecule has 1 aliphatic rings. The summed E-state index contributed by atoms with van der Waals surface area (Å²) in [6.45, 7) is 1.48. The van der Waals surface area contributed by atoms with Crippen LogP contribution in [0.25, 0.3) is 16.8 Å². The van der Waals surface area contributed by atoms with E-state index in [-0.39, 0.29) is 30.2 Å². The summed E-state index contributed by atoms with van der Waals surface area (Å²) in [4.78, 5) is 35.8. The predicted octanol–water partition coefficient (Wildman–Crippen LogP) is 0.516. The van der Waals surface area contributed by atoms with Crippen molar-refractivity contribution in [2.45, 2.75) is 18.6 Å². The summed E-state index contributed by atoms with van der Waals surface area (Å²) >= 11 is 0. The summed E-state index contributed by atoms with van der Waals surface area (Å²) in [6, 6.07) is 6.52. The van der Waals surface area contributed by atoms with E-state index in [4.69, 9.17) is 19.7 Å². The topological polar surface area (TPSA) is 184 Å². The van der Waals surface area contributed by atoms with Gasteiger partial charge >= 0.3 is 0 Å². The van der Waals surface area contributed by atoms with Crippen molar-refractivity contribution < 1.29 is 28.7 Å². The highest BCUT2D eigenvalue weighted by atomic mass is 16.5. The SMILES string of the molecule is COc1cc(-n2ccc(N3CCOC(C(C)(O)C(=O)Nc4cnc5c(N)noc5c4)C3=O)n2)ccn1. The Kier molecular flexibility index (Phi) is 5.74. The van der Waals surface area contributed by atoms with Gasteiger partial charge in [-0.2, -0.15) is 0 Å². The largest absolute Gasteiger partial charge is 0.481 e. The highest BCUT2D eigenvalue weighted by Gasteiger charge is 2.49. The van der Waals surface area contributed by atoms with Crippen molar-refractivity contribution in [1.82, 2.24) is 24.9 Å². The van der Waals surface area contributed by atoms with E-state index in [2.05, 4.69) is 25.5 Å². The molecule has 0 aromatic carbocycles. The lowest BCUT2D eigenvalue weighted by atomic mass is 9.95. The van der Waals surface area contributed by atoms with Crippen LogP contribution in [-0.2, 0) is 14.3 Å². The molecule has 2 atom stereocenters. The molecule has 1 aliphatic heterocycles. The zero-order valence-electron chi connectivity index (χ0n) is 19.3. The number of aliphatic hydroxyl groups is 1. The van der Waals surface area contributed by atoms with Crippen molar-refractivity contribution in [2.24, 2.45) is 0 Å². The second kappa shape index (κ2) is 8.90. The average molecular weight is 494 g/mol. The molecule has 2 unspecified atom stereocenters. The van der Waals surface area contributed by atoms with Crippen molar-refractivity contribution in [2.75, 3.05) is 36.2 Å². The molecule has 0 bridgehead atoms. The van der Waals surface area contributed by atoms with Crippen molar-refractivity contribution >= 4 is 40.2 Å². The number of anilines is 3. The molecule has 1 fully saturated rings. The van der Waals surface area contributed by atoms with Gasteiger partial charge in [0.2, 0.25) is 5.88 Å². The Hall–Kier alpha value is -4.56. The Morgan fingerprint density at radius 1 is 1.33 bits per heavy atom. The summed E-state index contributed by atoms with van der Waals surface area (Å²) in [7, 11) is 1.51. The number of carbonyl (C=O) groups excluding carboxylic acids is 2. The summed E-state index contributed by atoms with van der Waals surface area (Å²) in [5.41, 5.74) is 4.92. The fourth-order valence-corrected chi connectivity index (χ4v) is 3.76. The molecule has 0 radical (unpaired) electrons. The number of morpholine rings is 1. The number of pyridine rings is 2. The second-order valence-corrected chi connectivity index (χ2v) is 8.16. The first-order valence-electron chi connectivity index (χ1n) is 10.8. The monoisotopic (exact) mass is 494 g/mol. The number of nitrogens with two attached hydrogens (primary N) is 1. The van der Waals surface area contributed by atoms with E-state index >= 15 is 0 Å². The van der Waals surface area contributed by atoms with Crippen LogP contribution in [0.3, 0.4) is 0 Å². The van der Waals surface area contributed by atoms with Crippen LogP contribution in [0, 0.1) is 0 Å². The molecule has 0 spiro atoms. The van der Waals surface area contributed by atoms with Crippen molar-refractivity contribution in [3.8, 4) is 11.6 Å². The average Bonchev–Trinajstić information content (AvgIpc) is 3.51. The second-order valence-electron chi connectivity index (χ2n) is 8.16. The molecule has 4 aromatic rings. The van der Waals surface area contributed by atoms with Gasteiger partial charge in [0.05, 0.1) is 37.8 Å². The minimum Gasteiger partial charge on any atom is -0.481 e. The van der Waals surface area contributed by atoms with E-state index in [0.717, 1.165) is 0 Å². The lowest BCUT2D eigenvalue weighted by Gasteiger charge is -2.37. The molecule has 2 amide bonds. The molecule has 4 N–H and O–H groups in total. The van der Waals surface area contributed by atoms with Crippen LogP contribution in [0.15, 0.2) is 47.4 Å². The van der Waals surface area contributed by atoms with Crippen molar-refractivity contribution in [1.29, 1.82) is 0 Å². The number of aromatic nitrogens is 5. The number of fused-ring (bicyclic) bond motifs is 1. The molecule has 1 saturated heterocycles. The zero-order valence-corrected chi connectivity index (χ0v) is 19.3. The van der Waals surface area contributed by atoms with Gasteiger partial charge in [0.25, 0.3) is 11.8 Å². The molecule has 0 aliphatic carbocycles. The molecule has 14 heteroatoms. The van der Waals surface area contributed by atoms with Gasteiger partial charge in [-0.05, 0) is 13.0 Å². The van der Waals surface area contributed by atoms with E-state index in [1.807, 2.05) is 0 Å². The number of nitrogen functional groups attached to an aromatic ring is 1. The lowest BCUT2D eigenvalue weighted by Crippen LogP contribution is -2.61. The van der Waals surface area contributed by atoms with E-state index < -0.39 is 23.5 Å². The van der Waals surface area contributed by atoms with Gasteiger partial charge in [-0.1, -0.05) is 5.16 Å². The molecule has 4 aromatic heterocycles. The van der Waals surface area contributed by atoms with E-state index in [1.54, 1.807) is 35.3 Å². The number of hydrogen-bond donors (Lipinski definition) is 3. The smallest absolute Gasteiger partial charge is 0.260 e. The van der Waals surface area contributed by atoms with Gasteiger partial charge in [-0.3, -0.25) is 14.5 Å². The van der Waals surface area contributed by atoms with Crippen LogP contribution in [0.5, 0.6) is 5.88 Å². The Morgan fingerprint density at radius 3 is 2.97 bits per heavy atom. The zero-order chi connectivity index (χ0) is 25.4. The minimum absolute atomic E-state index is 0.0840. The Balaban J connectivity index is 1.33. The van der Waals surface area contributed by atoms with Crippen LogP contribution in [-0.4, -0.2) is 73.8 Å². The third kappa shape index (κ3) is 4.08. The highest BCUT2D eigenvalue weighted by molar-refractivity contribution is 6.06. The Bertz CT molecular complexity index is 1450. The van der Waals surface area contributed by atoms with Gasteiger partial charge in [0, 0.05) is 30.6 Å². The summed E-state index contributed by atoms with van der Waals surface area (Å²) in [5, 5.41) is 21.6. The number of hydrogen-bond acceptors (Lipinski definition) is 11. The molecule has 14 nitrogen and oxygen atoms in total. The number of methoxy groups -OCH3 is 1. The number of amides is 2. The van der Waals surface area contributed by atoms with Gasteiger partial charge in [0.15, 0.2) is 34.4 Å². The standard InChI is InChI=1S/C22H22N8O6/c1-22(33,21(32)26-12-9-14-17(25-11-12)19(23)28-36-14)18-20(31)29(7-8-35-18)15-4-6-30(27-15)13-3-5-24-16(10-13)34-2/h3-6,9-11,18,33H,7-8H2,1-2H3,(H2,23,28)(H,26,32). The number of carbonyl (C=O) groups is 2. The van der Waals surface area contributed by atoms with Crippen LogP contribution in [0.2, 0.25) is 0 Å². The normalized spacial score (nSPS) is 17.7. The number of rotatable bonds is 6. The molecular weight excluding hydrogens is 472 g/mol. The molecule has 36 heavy (non-hydrogen) atoms. The number of nitrogens with one attached hydrogen (secondary N) is 1. The molecule has 0 saturated carbocycles. The predicted molar refractivity (Wildman–Crippen MR) is 125 cm³/mol. The van der Waals surface area contributed by atoms with E-state index in [0.29, 0.717) is 22.9 Å². The fourth-order valence-electron chi connectivity index (χ4n) is 3.76. The molecule has 186 valence electrons. The Morgan fingerprint density at radius 2 is 2.17 bits per heavy atom. The lowest BCUT2D eigenvalue weighted by molar-refractivity contribution is -0.165. The van der Waals surface area contributed by atoms with Crippen LogP contribution in [0.4, 0.5) is 17.3 Å². The van der Waals surface area contributed by atoms with Gasteiger partial charge < -0.3 is 30.2 Å². The molecule has 5 rings (SSSR count). The quantitative estimate of drug-likeness (QED) is 0.339. The van der Waals surface area contributed by atoms with Gasteiger partial charge in [-0.25, -0.2) is 14.6 Å². The van der Waals surface area contributed by atoms with E-state index in [1.165, 1.54) is 31.2 Å².